The van der Waals surface area contributed by atoms with Gasteiger partial charge in [0.15, 0.2) is 4.71 Å². The van der Waals surface area contributed by atoms with Crippen molar-refractivity contribution in [3.8, 4) is 0 Å². The minimum atomic E-state index is 0.505. The Hall–Kier alpha value is -1.61. The molecule has 2 nitrogen and oxygen atoms in total. The van der Waals surface area contributed by atoms with Gasteiger partial charge in [0.05, 0.1) is 6.26 Å². The minimum absolute atomic E-state index is 0.505. The standard InChI is InChI=1S/C12H8O2S/c1-7-4-12(15)14-11-6-10-8(2-3-13-10)5-9(7)11/h2-6H,1H3. The lowest BCUT2D eigenvalue weighted by Gasteiger charge is -2.00. The molecule has 0 fully saturated rings. The highest BCUT2D eigenvalue weighted by Gasteiger charge is 2.04. The van der Waals surface area contributed by atoms with Crippen LogP contribution >= 0.6 is 12.2 Å². The summed E-state index contributed by atoms with van der Waals surface area (Å²) in [6.07, 6.45) is 1.67. The molecule has 0 aliphatic rings. The summed E-state index contributed by atoms with van der Waals surface area (Å²) in [6, 6.07) is 7.74. The van der Waals surface area contributed by atoms with E-state index >= 15 is 0 Å². The highest BCUT2D eigenvalue weighted by atomic mass is 32.1. The molecule has 0 bridgehead atoms. The first kappa shape index (κ1) is 8.68. The number of aryl methyl sites for hydroxylation is 1. The second-order valence-electron chi connectivity index (χ2n) is 3.56. The van der Waals surface area contributed by atoms with E-state index in [0.717, 1.165) is 27.5 Å². The molecule has 0 spiro atoms. The van der Waals surface area contributed by atoms with Gasteiger partial charge in [-0.25, -0.2) is 0 Å². The zero-order chi connectivity index (χ0) is 10.4. The Kier molecular flexibility index (Phi) is 1.70. The molecule has 0 amide bonds. The van der Waals surface area contributed by atoms with Gasteiger partial charge < -0.3 is 8.83 Å². The molecule has 0 aliphatic carbocycles. The van der Waals surface area contributed by atoms with E-state index in [0.29, 0.717) is 4.71 Å². The zero-order valence-corrected chi connectivity index (χ0v) is 8.93. The van der Waals surface area contributed by atoms with Crippen LogP contribution in [-0.4, -0.2) is 0 Å². The second kappa shape index (κ2) is 2.94. The van der Waals surface area contributed by atoms with Gasteiger partial charge in [0.1, 0.15) is 11.2 Å². The molecule has 15 heavy (non-hydrogen) atoms. The SMILES string of the molecule is Cc1cc(=S)oc2cc3occc3cc12. The predicted octanol–water partition coefficient (Wildman–Crippen LogP) is 4.22. The van der Waals surface area contributed by atoms with E-state index in [9.17, 15) is 0 Å². The highest BCUT2D eigenvalue weighted by Crippen LogP contribution is 2.26. The van der Waals surface area contributed by atoms with Gasteiger partial charge in [-0.05, 0) is 42.9 Å². The maximum atomic E-state index is 5.47. The van der Waals surface area contributed by atoms with Crippen LogP contribution in [-0.2, 0) is 0 Å². The Morgan fingerprint density at radius 1 is 1.13 bits per heavy atom. The van der Waals surface area contributed by atoms with Crippen molar-refractivity contribution in [1.82, 2.24) is 0 Å². The van der Waals surface area contributed by atoms with Crippen molar-refractivity contribution in [2.24, 2.45) is 0 Å². The monoisotopic (exact) mass is 216 g/mol. The molecule has 0 N–H and O–H groups in total. The lowest BCUT2D eigenvalue weighted by atomic mass is 10.1. The van der Waals surface area contributed by atoms with Crippen LogP contribution in [0.5, 0.6) is 0 Å². The zero-order valence-electron chi connectivity index (χ0n) is 8.11. The van der Waals surface area contributed by atoms with E-state index in [1.807, 2.05) is 25.1 Å². The number of hydrogen-bond acceptors (Lipinski definition) is 3. The van der Waals surface area contributed by atoms with Crippen LogP contribution in [0.15, 0.2) is 39.4 Å². The van der Waals surface area contributed by atoms with Crippen LogP contribution in [0, 0.1) is 11.6 Å². The summed E-state index contributed by atoms with van der Waals surface area (Å²) in [4.78, 5) is 0. The summed E-state index contributed by atoms with van der Waals surface area (Å²) in [5.74, 6) is 0. The average Bonchev–Trinajstić information content (AvgIpc) is 2.61. The first-order valence-electron chi connectivity index (χ1n) is 4.66. The molecule has 0 radical (unpaired) electrons. The van der Waals surface area contributed by atoms with Gasteiger partial charge in [-0.3, -0.25) is 0 Å². The van der Waals surface area contributed by atoms with E-state index < -0.39 is 0 Å². The third-order valence-corrected chi connectivity index (χ3v) is 2.73. The molecule has 0 unspecified atom stereocenters. The van der Waals surface area contributed by atoms with Crippen LogP contribution in [0.4, 0.5) is 0 Å². The predicted molar refractivity (Wildman–Crippen MR) is 61.6 cm³/mol. The van der Waals surface area contributed by atoms with Crippen molar-refractivity contribution < 1.29 is 8.83 Å². The first-order chi connectivity index (χ1) is 7.24. The van der Waals surface area contributed by atoms with Crippen molar-refractivity contribution in [2.45, 2.75) is 6.92 Å². The summed E-state index contributed by atoms with van der Waals surface area (Å²) < 4.78 is 11.3. The first-order valence-corrected chi connectivity index (χ1v) is 5.06. The normalized spacial score (nSPS) is 11.3. The second-order valence-corrected chi connectivity index (χ2v) is 3.96. The molecule has 0 saturated carbocycles. The number of furan rings is 1. The summed E-state index contributed by atoms with van der Waals surface area (Å²) in [7, 11) is 0. The van der Waals surface area contributed by atoms with Crippen LogP contribution < -0.4 is 0 Å². The Labute approximate surface area is 91.1 Å². The number of rotatable bonds is 0. The lowest BCUT2D eigenvalue weighted by Crippen LogP contribution is -1.78. The van der Waals surface area contributed by atoms with Crippen LogP contribution in [0.1, 0.15) is 5.56 Å². The fourth-order valence-electron chi connectivity index (χ4n) is 1.78. The largest absolute Gasteiger partial charge is 0.464 e. The van der Waals surface area contributed by atoms with Crippen molar-refractivity contribution in [3.05, 3.63) is 40.8 Å². The number of hydrogen-bond donors (Lipinski definition) is 0. The van der Waals surface area contributed by atoms with Crippen LogP contribution in [0.25, 0.3) is 21.9 Å². The highest BCUT2D eigenvalue weighted by molar-refractivity contribution is 7.71. The Bertz CT molecular complexity index is 706. The van der Waals surface area contributed by atoms with Crippen molar-refractivity contribution in [3.63, 3.8) is 0 Å². The Balaban J connectivity index is 2.59. The molecule has 3 heteroatoms. The van der Waals surface area contributed by atoms with E-state index in [1.54, 1.807) is 6.26 Å². The Morgan fingerprint density at radius 2 is 2.00 bits per heavy atom. The fourth-order valence-corrected chi connectivity index (χ4v) is 2.04. The summed E-state index contributed by atoms with van der Waals surface area (Å²) >= 11 is 5.03. The van der Waals surface area contributed by atoms with Gasteiger partial charge in [0, 0.05) is 16.8 Å². The number of fused-ring (bicyclic) bond motifs is 2. The van der Waals surface area contributed by atoms with Crippen LogP contribution in [0.2, 0.25) is 0 Å². The van der Waals surface area contributed by atoms with Gasteiger partial charge in [-0.15, -0.1) is 0 Å². The molecular weight excluding hydrogens is 208 g/mol. The molecule has 1 aromatic carbocycles. The van der Waals surface area contributed by atoms with Gasteiger partial charge in [-0.1, -0.05) is 0 Å². The molecule has 0 atom stereocenters. The van der Waals surface area contributed by atoms with Gasteiger partial charge in [0.2, 0.25) is 0 Å². The van der Waals surface area contributed by atoms with E-state index in [4.69, 9.17) is 21.1 Å². The smallest absolute Gasteiger partial charge is 0.191 e. The molecule has 3 rings (SSSR count). The van der Waals surface area contributed by atoms with Gasteiger partial charge >= 0.3 is 0 Å². The minimum Gasteiger partial charge on any atom is -0.464 e. The van der Waals surface area contributed by atoms with Gasteiger partial charge in [0.25, 0.3) is 0 Å². The van der Waals surface area contributed by atoms with E-state index in [-0.39, 0.29) is 0 Å². The molecule has 2 heterocycles. The van der Waals surface area contributed by atoms with E-state index in [2.05, 4.69) is 6.07 Å². The third-order valence-electron chi connectivity index (χ3n) is 2.52. The topological polar surface area (TPSA) is 26.3 Å². The molecule has 0 aliphatic heterocycles. The number of benzene rings is 1. The summed E-state index contributed by atoms with van der Waals surface area (Å²) in [5, 5.41) is 2.16. The summed E-state index contributed by atoms with van der Waals surface area (Å²) in [5.41, 5.74) is 2.73. The quantitative estimate of drug-likeness (QED) is 0.526. The molecule has 0 saturated heterocycles. The van der Waals surface area contributed by atoms with Crippen molar-refractivity contribution >= 4 is 34.2 Å². The molecule has 3 aromatic rings. The van der Waals surface area contributed by atoms with Gasteiger partial charge in [-0.2, -0.15) is 0 Å². The summed E-state index contributed by atoms with van der Waals surface area (Å²) in [6.45, 7) is 2.03. The maximum Gasteiger partial charge on any atom is 0.191 e. The molecule has 74 valence electrons. The van der Waals surface area contributed by atoms with Crippen molar-refractivity contribution in [2.75, 3.05) is 0 Å². The lowest BCUT2D eigenvalue weighted by molar-refractivity contribution is 0.582. The van der Waals surface area contributed by atoms with Crippen molar-refractivity contribution in [1.29, 1.82) is 0 Å². The molecule has 2 aromatic heterocycles. The Morgan fingerprint density at radius 3 is 2.87 bits per heavy atom. The average molecular weight is 216 g/mol. The fraction of sp³-hybridized carbons (Fsp3) is 0.0833. The van der Waals surface area contributed by atoms with E-state index in [1.165, 1.54) is 0 Å². The maximum absolute atomic E-state index is 5.47. The van der Waals surface area contributed by atoms with Crippen LogP contribution in [0.3, 0.4) is 0 Å². The third kappa shape index (κ3) is 1.27. The molecular formula is C12H8O2S.